The molecule has 2 heterocycles. The lowest BCUT2D eigenvalue weighted by atomic mass is 10.0. The van der Waals surface area contributed by atoms with Gasteiger partial charge in [0.2, 0.25) is 0 Å². The van der Waals surface area contributed by atoms with Crippen LogP contribution in [0.1, 0.15) is 23.7 Å². The van der Waals surface area contributed by atoms with Crippen LogP contribution in [0.5, 0.6) is 0 Å². The van der Waals surface area contributed by atoms with Crippen molar-refractivity contribution in [1.29, 1.82) is 0 Å². The number of nitrogens with one attached hydrogen (secondary N) is 1. The summed E-state index contributed by atoms with van der Waals surface area (Å²) in [5.74, 6) is 0. The first-order valence-corrected chi connectivity index (χ1v) is 7.20. The van der Waals surface area contributed by atoms with Gasteiger partial charge in [-0.1, -0.05) is 23.7 Å². The summed E-state index contributed by atoms with van der Waals surface area (Å²) in [4.78, 5) is 4.03. The molecule has 2 atom stereocenters. The normalized spacial score (nSPS) is 22.1. The SMILES string of the molecule is Clc1ccc(C2OCCC2NCc2ccncc2)cc1. The van der Waals surface area contributed by atoms with E-state index in [0.29, 0.717) is 6.04 Å². The fourth-order valence-corrected chi connectivity index (χ4v) is 2.66. The van der Waals surface area contributed by atoms with Crippen molar-refractivity contribution in [1.82, 2.24) is 10.3 Å². The van der Waals surface area contributed by atoms with E-state index < -0.39 is 0 Å². The number of rotatable bonds is 4. The Morgan fingerprint density at radius 2 is 1.90 bits per heavy atom. The Labute approximate surface area is 123 Å². The minimum Gasteiger partial charge on any atom is -0.372 e. The molecule has 0 bridgehead atoms. The molecule has 1 aliphatic rings. The number of pyridine rings is 1. The highest BCUT2D eigenvalue weighted by molar-refractivity contribution is 6.30. The lowest BCUT2D eigenvalue weighted by Crippen LogP contribution is -2.31. The molecule has 1 saturated heterocycles. The second-order valence-electron chi connectivity index (χ2n) is 4.97. The first kappa shape index (κ1) is 13.6. The Bertz CT molecular complexity index is 544. The molecule has 1 N–H and O–H groups in total. The third-order valence-electron chi connectivity index (χ3n) is 3.61. The molecule has 1 aliphatic heterocycles. The zero-order valence-corrected chi connectivity index (χ0v) is 11.9. The van der Waals surface area contributed by atoms with E-state index in [9.17, 15) is 0 Å². The maximum Gasteiger partial charge on any atom is 0.0978 e. The van der Waals surface area contributed by atoms with Gasteiger partial charge in [-0.3, -0.25) is 4.98 Å². The third-order valence-corrected chi connectivity index (χ3v) is 3.86. The zero-order valence-electron chi connectivity index (χ0n) is 11.1. The molecule has 104 valence electrons. The van der Waals surface area contributed by atoms with Crippen LogP contribution >= 0.6 is 11.6 Å². The summed E-state index contributed by atoms with van der Waals surface area (Å²) in [6, 6.07) is 12.3. The number of halogens is 1. The highest BCUT2D eigenvalue weighted by Crippen LogP contribution is 2.30. The largest absolute Gasteiger partial charge is 0.372 e. The van der Waals surface area contributed by atoms with Crippen LogP contribution in [0.4, 0.5) is 0 Å². The van der Waals surface area contributed by atoms with Crippen LogP contribution in [0.2, 0.25) is 5.02 Å². The number of aromatic nitrogens is 1. The molecule has 3 nitrogen and oxygen atoms in total. The lowest BCUT2D eigenvalue weighted by Gasteiger charge is -2.20. The maximum atomic E-state index is 5.93. The Kier molecular flexibility index (Phi) is 4.31. The summed E-state index contributed by atoms with van der Waals surface area (Å²) in [5.41, 5.74) is 2.42. The van der Waals surface area contributed by atoms with Crippen LogP contribution in [-0.2, 0) is 11.3 Å². The quantitative estimate of drug-likeness (QED) is 0.937. The summed E-state index contributed by atoms with van der Waals surface area (Å²) < 4.78 is 5.86. The predicted molar refractivity (Wildman–Crippen MR) is 79.6 cm³/mol. The van der Waals surface area contributed by atoms with Gasteiger partial charge in [0.1, 0.15) is 0 Å². The molecule has 0 amide bonds. The molecule has 2 aromatic rings. The smallest absolute Gasteiger partial charge is 0.0978 e. The van der Waals surface area contributed by atoms with Gasteiger partial charge in [0, 0.05) is 36.6 Å². The summed E-state index contributed by atoms with van der Waals surface area (Å²) in [7, 11) is 0. The van der Waals surface area contributed by atoms with Crippen molar-refractivity contribution in [2.45, 2.75) is 25.1 Å². The molecule has 0 saturated carbocycles. The van der Waals surface area contributed by atoms with Crippen LogP contribution in [0.15, 0.2) is 48.8 Å². The van der Waals surface area contributed by atoms with Gasteiger partial charge in [0.05, 0.1) is 6.10 Å². The van der Waals surface area contributed by atoms with E-state index in [-0.39, 0.29) is 6.10 Å². The number of ether oxygens (including phenoxy) is 1. The zero-order chi connectivity index (χ0) is 13.8. The van der Waals surface area contributed by atoms with Crippen molar-refractivity contribution in [2.24, 2.45) is 0 Å². The standard InChI is InChI=1S/C16H17ClN2O/c17-14-3-1-13(2-4-14)16-15(7-10-20-16)19-11-12-5-8-18-9-6-12/h1-6,8-9,15-16,19H,7,10-11H2. The topological polar surface area (TPSA) is 34.1 Å². The Hall–Kier alpha value is -1.42. The molecule has 2 unspecified atom stereocenters. The van der Waals surface area contributed by atoms with E-state index in [2.05, 4.69) is 10.3 Å². The minimum absolute atomic E-state index is 0.106. The molecule has 1 fully saturated rings. The van der Waals surface area contributed by atoms with Gasteiger partial charge in [-0.15, -0.1) is 0 Å². The lowest BCUT2D eigenvalue weighted by molar-refractivity contribution is 0.0985. The van der Waals surface area contributed by atoms with E-state index in [0.717, 1.165) is 24.6 Å². The summed E-state index contributed by atoms with van der Waals surface area (Å²) in [6.07, 6.45) is 4.77. The fourth-order valence-electron chi connectivity index (χ4n) is 2.53. The summed E-state index contributed by atoms with van der Waals surface area (Å²) in [6.45, 7) is 1.63. The molecule has 1 aromatic heterocycles. The Morgan fingerprint density at radius 1 is 1.15 bits per heavy atom. The van der Waals surface area contributed by atoms with Crippen molar-refractivity contribution >= 4 is 11.6 Å². The van der Waals surface area contributed by atoms with Crippen molar-refractivity contribution in [3.05, 3.63) is 64.9 Å². The van der Waals surface area contributed by atoms with Crippen LogP contribution in [0.25, 0.3) is 0 Å². The highest BCUT2D eigenvalue weighted by atomic mass is 35.5. The van der Waals surface area contributed by atoms with E-state index >= 15 is 0 Å². The van der Waals surface area contributed by atoms with Crippen molar-refractivity contribution < 1.29 is 4.74 Å². The number of hydrogen-bond donors (Lipinski definition) is 1. The average Bonchev–Trinajstić information content (AvgIpc) is 2.95. The monoisotopic (exact) mass is 288 g/mol. The number of benzene rings is 1. The van der Waals surface area contributed by atoms with Gasteiger partial charge in [0.25, 0.3) is 0 Å². The van der Waals surface area contributed by atoms with Crippen LogP contribution in [0, 0.1) is 0 Å². The van der Waals surface area contributed by atoms with Gasteiger partial charge < -0.3 is 10.1 Å². The van der Waals surface area contributed by atoms with E-state index in [1.165, 1.54) is 11.1 Å². The third kappa shape index (κ3) is 3.18. The summed E-state index contributed by atoms with van der Waals surface area (Å²) >= 11 is 5.93. The van der Waals surface area contributed by atoms with Gasteiger partial charge in [-0.2, -0.15) is 0 Å². The molecule has 0 spiro atoms. The van der Waals surface area contributed by atoms with Gasteiger partial charge in [-0.25, -0.2) is 0 Å². The van der Waals surface area contributed by atoms with Crippen LogP contribution < -0.4 is 5.32 Å². The Morgan fingerprint density at radius 3 is 2.65 bits per heavy atom. The first-order chi connectivity index (χ1) is 9.83. The van der Waals surface area contributed by atoms with Crippen molar-refractivity contribution in [3.8, 4) is 0 Å². The van der Waals surface area contributed by atoms with Crippen LogP contribution in [-0.4, -0.2) is 17.6 Å². The molecule has 3 rings (SSSR count). The summed E-state index contributed by atoms with van der Waals surface area (Å²) in [5, 5.41) is 4.33. The second-order valence-corrected chi connectivity index (χ2v) is 5.41. The highest BCUT2D eigenvalue weighted by Gasteiger charge is 2.29. The molecule has 0 aliphatic carbocycles. The average molecular weight is 289 g/mol. The first-order valence-electron chi connectivity index (χ1n) is 6.82. The van der Waals surface area contributed by atoms with E-state index in [1.807, 2.05) is 48.8 Å². The number of hydrogen-bond acceptors (Lipinski definition) is 3. The molecule has 1 aromatic carbocycles. The van der Waals surface area contributed by atoms with Crippen molar-refractivity contribution in [2.75, 3.05) is 6.61 Å². The second kappa shape index (κ2) is 6.35. The predicted octanol–water partition coefficient (Wildman–Crippen LogP) is 3.35. The molecular weight excluding hydrogens is 272 g/mol. The van der Waals surface area contributed by atoms with Gasteiger partial charge >= 0.3 is 0 Å². The van der Waals surface area contributed by atoms with E-state index in [4.69, 9.17) is 16.3 Å². The molecular formula is C16H17ClN2O. The van der Waals surface area contributed by atoms with E-state index in [1.54, 1.807) is 0 Å². The fraction of sp³-hybridized carbons (Fsp3) is 0.312. The Balaban J connectivity index is 1.65. The number of nitrogens with zero attached hydrogens (tertiary/aromatic N) is 1. The maximum absolute atomic E-state index is 5.93. The van der Waals surface area contributed by atoms with Crippen LogP contribution in [0.3, 0.4) is 0 Å². The molecule has 4 heteroatoms. The van der Waals surface area contributed by atoms with Gasteiger partial charge in [-0.05, 0) is 41.8 Å². The molecule has 0 radical (unpaired) electrons. The minimum atomic E-state index is 0.106. The van der Waals surface area contributed by atoms with Crippen molar-refractivity contribution in [3.63, 3.8) is 0 Å². The van der Waals surface area contributed by atoms with Gasteiger partial charge in [0.15, 0.2) is 0 Å². The molecule has 20 heavy (non-hydrogen) atoms.